The zero-order valence-corrected chi connectivity index (χ0v) is 22.0. The molecular weight excluding hydrogens is 488 g/mol. The molecule has 0 bridgehead atoms. The van der Waals surface area contributed by atoms with Gasteiger partial charge in [-0.2, -0.15) is 0 Å². The highest BCUT2D eigenvalue weighted by atomic mass is 32.2. The number of benzene rings is 1. The molecule has 7 rings (SSSR count). The lowest BCUT2D eigenvalue weighted by Gasteiger charge is -2.70. The van der Waals surface area contributed by atoms with Gasteiger partial charge < -0.3 is 15.2 Å². The molecule has 4 saturated carbocycles. The second kappa shape index (κ2) is 8.92. The van der Waals surface area contributed by atoms with E-state index in [-0.39, 0.29) is 17.9 Å². The summed E-state index contributed by atoms with van der Waals surface area (Å²) in [7, 11) is -3.31. The van der Waals surface area contributed by atoms with E-state index < -0.39 is 14.8 Å². The van der Waals surface area contributed by atoms with Crippen molar-refractivity contribution in [1.29, 1.82) is 0 Å². The fourth-order valence-corrected chi connectivity index (χ4v) is 10.6. The van der Waals surface area contributed by atoms with Crippen LogP contribution in [0.5, 0.6) is 0 Å². The topological polar surface area (TPSA) is 105 Å². The van der Waals surface area contributed by atoms with Gasteiger partial charge in [-0.3, -0.25) is 4.79 Å². The van der Waals surface area contributed by atoms with Crippen LogP contribution >= 0.6 is 0 Å². The highest BCUT2D eigenvalue weighted by Gasteiger charge is 2.73. The van der Waals surface area contributed by atoms with Gasteiger partial charge in [0.1, 0.15) is 5.76 Å². The second-order valence-electron chi connectivity index (χ2n) is 12.1. The maximum absolute atomic E-state index is 13.8. The van der Waals surface area contributed by atoms with Gasteiger partial charge in [-0.1, -0.05) is 35.5 Å². The lowest BCUT2D eigenvalue weighted by atomic mass is 9.42. The van der Waals surface area contributed by atoms with Crippen LogP contribution in [0.4, 0.5) is 0 Å². The molecule has 2 heterocycles. The number of aromatic nitrogens is 1. The molecule has 2 N–H and O–H groups in total. The van der Waals surface area contributed by atoms with Crippen LogP contribution in [0.3, 0.4) is 0 Å². The average Bonchev–Trinajstić information content (AvgIpc) is 3.61. The summed E-state index contributed by atoms with van der Waals surface area (Å²) in [4.78, 5) is 12.7. The molecular formula is C28H36N4O4S. The van der Waals surface area contributed by atoms with Gasteiger partial charge in [-0.25, -0.2) is 12.7 Å². The number of amides is 1. The van der Waals surface area contributed by atoms with Gasteiger partial charge in [0.25, 0.3) is 5.91 Å². The summed E-state index contributed by atoms with van der Waals surface area (Å²) in [5.41, 5.74) is 1.62. The Labute approximate surface area is 218 Å². The minimum absolute atomic E-state index is 0.0901. The standard InChI is InChI=1S/C28H36N4O4S/c33-27(24-14-25(36-31-24)19-6-7-19)30-23-12-20-15-28(16-21(13-23)26(20)28)37(34,35)32-10-8-22(9-11-32)29-17-18-4-2-1-3-5-18/h1-5,14,19-23,26,29H,6-13,15-17H2,(H,30,33)/t20-,21+,23-,26?,28?. The summed E-state index contributed by atoms with van der Waals surface area (Å²) in [6.07, 6.45) is 7.15. The third-order valence-electron chi connectivity index (χ3n) is 9.83. The number of sulfonamides is 1. The molecule has 2 unspecified atom stereocenters. The van der Waals surface area contributed by atoms with E-state index in [1.54, 1.807) is 10.4 Å². The first kappa shape index (κ1) is 23.9. The van der Waals surface area contributed by atoms with Gasteiger partial charge in [0.2, 0.25) is 10.0 Å². The van der Waals surface area contributed by atoms with Gasteiger partial charge in [0.15, 0.2) is 5.69 Å². The van der Waals surface area contributed by atoms with Crippen molar-refractivity contribution in [2.24, 2.45) is 17.8 Å². The van der Waals surface area contributed by atoms with Crippen LogP contribution in [-0.2, 0) is 16.6 Å². The van der Waals surface area contributed by atoms with Gasteiger partial charge >= 0.3 is 0 Å². The van der Waals surface area contributed by atoms with Crippen molar-refractivity contribution in [3.63, 3.8) is 0 Å². The van der Waals surface area contributed by atoms with E-state index in [9.17, 15) is 13.2 Å². The van der Waals surface area contributed by atoms with Crippen molar-refractivity contribution in [3.8, 4) is 0 Å². The summed E-state index contributed by atoms with van der Waals surface area (Å²) >= 11 is 0. The number of nitrogens with zero attached hydrogens (tertiary/aromatic N) is 2. The predicted octanol–water partition coefficient (Wildman–Crippen LogP) is 3.42. The minimum Gasteiger partial charge on any atom is -0.360 e. The van der Waals surface area contributed by atoms with E-state index >= 15 is 0 Å². The van der Waals surface area contributed by atoms with Crippen molar-refractivity contribution in [2.45, 2.75) is 80.7 Å². The molecule has 9 heteroatoms. The molecule has 5 atom stereocenters. The average molecular weight is 525 g/mol. The summed E-state index contributed by atoms with van der Waals surface area (Å²) in [5.74, 6) is 2.11. The number of hydrogen-bond donors (Lipinski definition) is 2. The van der Waals surface area contributed by atoms with Crippen molar-refractivity contribution in [1.82, 2.24) is 20.1 Å². The molecule has 8 nitrogen and oxygen atoms in total. The first-order chi connectivity index (χ1) is 17.9. The van der Waals surface area contributed by atoms with Crippen molar-refractivity contribution >= 4 is 15.9 Å². The molecule has 1 aromatic heterocycles. The molecule has 5 fully saturated rings. The molecule has 4 aliphatic carbocycles. The fourth-order valence-electron chi connectivity index (χ4n) is 7.84. The Balaban J connectivity index is 0.921. The van der Waals surface area contributed by atoms with Gasteiger partial charge in [-0.05, 0) is 74.7 Å². The Morgan fingerprint density at radius 3 is 2.41 bits per heavy atom. The van der Waals surface area contributed by atoms with Crippen LogP contribution < -0.4 is 10.6 Å². The van der Waals surface area contributed by atoms with Gasteiger partial charge in [0.05, 0.1) is 4.75 Å². The van der Waals surface area contributed by atoms with Crippen molar-refractivity contribution in [3.05, 3.63) is 53.4 Å². The maximum Gasteiger partial charge on any atom is 0.273 e. The number of carbonyl (C=O) groups excluding carboxylic acids is 1. The Bertz CT molecular complexity index is 1250. The summed E-state index contributed by atoms with van der Waals surface area (Å²) in [6, 6.07) is 12.6. The molecule has 37 heavy (non-hydrogen) atoms. The normalized spacial score (nSPS) is 33.7. The lowest BCUT2D eigenvalue weighted by Crippen LogP contribution is -2.75. The van der Waals surface area contributed by atoms with Crippen LogP contribution in [0.15, 0.2) is 40.9 Å². The molecule has 5 aliphatic rings. The SMILES string of the molecule is O=C(N[C@@H]1C[C@@H]2CC3(S(=O)(=O)N4CCC(NCc5ccccc5)CC4)C[C@H](C1)C23)c1cc(C2CC2)on1. The summed E-state index contributed by atoms with van der Waals surface area (Å²) < 4.78 is 34.2. The quantitative estimate of drug-likeness (QED) is 0.548. The van der Waals surface area contributed by atoms with Gasteiger partial charge in [-0.15, -0.1) is 0 Å². The Morgan fingerprint density at radius 1 is 1.03 bits per heavy atom. The molecule has 2 aromatic rings. The third-order valence-corrected chi connectivity index (χ3v) is 12.5. The highest BCUT2D eigenvalue weighted by molar-refractivity contribution is 7.90. The van der Waals surface area contributed by atoms with Crippen LogP contribution in [0, 0.1) is 17.8 Å². The Kier molecular flexibility index (Phi) is 5.75. The lowest BCUT2D eigenvalue weighted by molar-refractivity contribution is -0.108. The zero-order chi connectivity index (χ0) is 25.2. The van der Waals surface area contributed by atoms with Crippen LogP contribution in [0.1, 0.15) is 79.1 Å². The van der Waals surface area contributed by atoms with E-state index in [0.717, 1.165) is 63.7 Å². The predicted molar refractivity (Wildman–Crippen MR) is 138 cm³/mol. The Hall–Kier alpha value is -2.23. The van der Waals surface area contributed by atoms with E-state index in [4.69, 9.17) is 4.52 Å². The largest absolute Gasteiger partial charge is 0.360 e. The highest BCUT2D eigenvalue weighted by Crippen LogP contribution is 2.69. The molecule has 0 spiro atoms. The molecule has 1 saturated heterocycles. The number of carbonyl (C=O) groups is 1. The third kappa shape index (κ3) is 4.05. The van der Waals surface area contributed by atoms with Gasteiger partial charge in [0, 0.05) is 43.7 Å². The summed E-state index contributed by atoms with van der Waals surface area (Å²) in [6.45, 7) is 2.04. The number of piperidine rings is 1. The van der Waals surface area contributed by atoms with Crippen LogP contribution in [0.25, 0.3) is 0 Å². The Morgan fingerprint density at radius 2 is 1.73 bits per heavy atom. The molecule has 0 radical (unpaired) electrons. The van der Waals surface area contributed by atoms with E-state index in [0.29, 0.717) is 42.6 Å². The molecule has 1 aromatic carbocycles. The second-order valence-corrected chi connectivity index (χ2v) is 14.4. The molecule has 1 aliphatic heterocycles. The first-order valence-electron chi connectivity index (χ1n) is 14.0. The maximum atomic E-state index is 13.8. The first-order valence-corrected chi connectivity index (χ1v) is 15.4. The smallest absolute Gasteiger partial charge is 0.273 e. The molecule has 1 amide bonds. The summed E-state index contributed by atoms with van der Waals surface area (Å²) in [5, 5.41) is 10.7. The van der Waals surface area contributed by atoms with Crippen molar-refractivity contribution in [2.75, 3.05) is 13.1 Å². The number of nitrogens with one attached hydrogen (secondary N) is 2. The molecule has 198 valence electrons. The van der Waals surface area contributed by atoms with E-state index in [2.05, 4.69) is 27.9 Å². The monoisotopic (exact) mass is 524 g/mol. The van der Waals surface area contributed by atoms with Crippen LogP contribution in [0.2, 0.25) is 0 Å². The van der Waals surface area contributed by atoms with Crippen molar-refractivity contribution < 1.29 is 17.7 Å². The zero-order valence-electron chi connectivity index (χ0n) is 21.1. The minimum atomic E-state index is -3.31. The van der Waals surface area contributed by atoms with Crippen LogP contribution in [-0.4, -0.2) is 53.7 Å². The fraction of sp³-hybridized carbons (Fsp3) is 0.643. The van der Waals surface area contributed by atoms with E-state index in [1.807, 2.05) is 18.2 Å². The number of hydrogen-bond acceptors (Lipinski definition) is 6. The van der Waals surface area contributed by atoms with E-state index in [1.165, 1.54) is 5.56 Å². The number of rotatable bonds is 8.